The molecule has 1 aromatic carbocycles. The second kappa shape index (κ2) is 4.68. The maximum absolute atomic E-state index is 13.3. The van der Waals surface area contributed by atoms with E-state index >= 15 is 0 Å². The Balaban J connectivity index is 1.99. The molecule has 0 radical (unpaired) electrons. The van der Waals surface area contributed by atoms with Crippen molar-refractivity contribution in [2.45, 2.75) is 31.2 Å². The van der Waals surface area contributed by atoms with E-state index in [1.165, 1.54) is 12.1 Å². The predicted molar refractivity (Wildman–Crippen MR) is 71.7 cm³/mol. The van der Waals surface area contributed by atoms with Gasteiger partial charge in [0, 0.05) is 10.0 Å². The third kappa shape index (κ3) is 2.30. The molecule has 0 amide bonds. The Bertz CT molecular complexity index is 608. The number of aromatic nitrogens is 2. The molecule has 0 saturated heterocycles. The van der Waals surface area contributed by atoms with Crippen LogP contribution < -0.4 is 5.73 Å². The molecule has 100 valence electrons. The van der Waals surface area contributed by atoms with Crippen LogP contribution in [-0.4, -0.2) is 10.1 Å². The molecule has 1 aromatic heterocycles. The van der Waals surface area contributed by atoms with Crippen LogP contribution in [-0.2, 0) is 5.54 Å². The zero-order valence-corrected chi connectivity index (χ0v) is 11.8. The van der Waals surface area contributed by atoms with Gasteiger partial charge in [0.2, 0.25) is 11.7 Å². The van der Waals surface area contributed by atoms with Gasteiger partial charge >= 0.3 is 0 Å². The normalized spacial score (nSPS) is 17.8. The lowest BCUT2D eigenvalue weighted by atomic mass is 9.99. The number of hydrogen-bond acceptors (Lipinski definition) is 4. The van der Waals surface area contributed by atoms with Crippen LogP contribution in [0.3, 0.4) is 0 Å². The number of hydrogen-bond donors (Lipinski definition) is 1. The summed E-state index contributed by atoms with van der Waals surface area (Å²) in [6.45, 7) is 0. The number of benzene rings is 1. The monoisotopic (exact) mass is 325 g/mol. The van der Waals surface area contributed by atoms with E-state index in [4.69, 9.17) is 10.3 Å². The van der Waals surface area contributed by atoms with Crippen molar-refractivity contribution >= 4 is 15.9 Å². The van der Waals surface area contributed by atoms with Gasteiger partial charge in [0.05, 0.1) is 5.54 Å². The summed E-state index contributed by atoms with van der Waals surface area (Å²) in [4.78, 5) is 4.34. The summed E-state index contributed by atoms with van der Waals surface area (Å²) in [6.07, 6.45) is 3.83. The first kappa shape index (κ1) is 12.7. The van der Waals surface area contributed by atoms with Crippen molar-refractivity contribution < 1.29 is 8.91 Å². The largest absolute Gasteiger partial charge is 0.337 e. The summed E-state index contributed by atoms with van der Waals surface area (Å²) in [7, 11) is 0. The van der Waals surface area contributed by atoms with Crippen molar-refractivity contribution in [2.75, 3.05) is 0 Å². The summed E-state index contributed by atoms with van der Waals surface area (Å²) < 4.78 is 19.3. The van der Waals surface area contributed by atoms with Crippen LogP contribution in [0.5, 0.6) is 0 Å². The number of nitrogens with zero attached hydrogens (tertiary/aromatic N) is 2. The van der Waals surface area contributed by atoms with Gasteiger partial charge in [-0.25, -0.2) is 4.39 Å². The molecule has 1 aliphatic rings. The second-order valence-electron chi connectivity index (χ2n) is 4.91. The quantitative estimate of drug-likeness (QED) is 0.919. The standard InChI is InChI=1S/C13H13BrFN3O/c14-10-4-3-8(15)7-9(10)11-17-12(19-18-11)13(16)5-1-2-6-13/h3-4,7H,1-2,5-6,16H2. The lowest BCUT2D eigenvalue weighted by Crippen LogP contribution is -2.33. The van der Waals surface area contributed by atoms with Gasteiger partial charge in [0.15, 0.2) is 0 Å². The highest BCUT2D eigenvalue weighted by Gasteiger charge is 2.37. The fraction of sp³-hybridized carbons (Fsp3) is 0.385. The molecule has 2 N–H and O–H groups in total. The van der Waals surface area contributed by atoms with Gasteiger partial charge in [-0.3, -0.25) is 0 Å². The Hall–Kier alpha value is -1.27. The molecule has 2 aromatic rings. The molecule has 1 saturated carbocycles. The van der Waals surface area contributed by atoms with Crippen molar-refractivity contribution in [3.05, 3.63) is 34.4 Å². The minimum atomic E-state index is -0.523. The van der Waals surface area contributed by atoms with Gasteiger partial charge in [-0.2, -0.15) is 4.98 Å². The first-order valence-electron chi connectivity index (χ1n) is 6.17. The van der Waals surface area contributed by atoms with E-state index in [0.717, 1.165) is 30.2 Å². The van der Waals surface area contributed by atoms with E-state index < -0.39 is 5.54 Å². The highest BCUT2D eigenvalue weighted by Crippen LogP contribution is 2.36. The molecular weight excluding hydrogens is 313 g/mol. The number of halogens is 2. The summed E-state index contributed by atoms with van der Waals surface area (Å²) in [5, 5.41) is 3.92. The van der Waals surface area contributed by atoms with Crippen LogP contribution in [0.2, 0.25) is 0 Å². The third-order valence-corrected chi connectivity index (χ3v) is 4.21. The van der Waals surface area contributed by atoms with Gasteiger partial charge in [-0.15, -0.1) is 0 Å². The van der Waals surface area contributed by atoms with E-state index in [1.54, 1.807) is 6.07 Å². The molecule has 3 rings (SSSR count). The molecule has 0 unspecified atom stereocenters. The molecule has 4 nitrogen and oxygen atoms in total. The fourth-order valence-electron chi connectivity index (χ4n) is 2.42. The molecule has 0 spiro atoms. The topological polar surface area (TPSA) is 64.9 Å². The van der Waals surface area contributed by atoms with Gasteiger partial charge in [-0.1, -0.05) is 33.9 Å². The molecule has 1 heterocycles. The minimum Gasteiger partial charge on any atom is -0.337 e. The molecule has 1 aliphatic carbocycles. The van der Waals surface area contributed by atoms with E-state index in [9.17, 15) is 4.39 Å². The average molecular weight is 326 g/mol. The van der Waals surface area contributed by atoms with E-state index in [1.807, 2.05) is 0 Å². The fourth-order valence-corrected chi connectivity index (χ4v) is 2.85. The lowest BCUT2D eigenvalue weighted by Gasteiger charge is -2.17. The smallest absolute Gasteiger partial charge is 0.247 e. The highest BCUT2D eigenvalue weighted by atomic mass is 79.9. The van der Waals surface area contributed by atoms with Crippen LogP contribution in [0, 0.1) is 5.82 Å². The van der Waals surface area contributed by atoms with Crippen LogP contribution in [0.4, 0.5) is 4.39 Å². The predicted octanol–water partition coefficient (Wildman–Crippen LogP) is 3.37. The molecule has 0 aliphatic heterocycles. The van der Waals surface area contributed by atoms with E-state index in [2.05, 4.69) is 26.1 Å². The molecule has 0 atom stereocenters. The van der Waals surface area contributed by atoms with Crippen LogP contribution in [0.1, 0.15) is 31.6 Å². The summed E-state index contributed by atoms with van der Waals surface area (Å²) in [5.41, 5.74) is 6.30. The van der Waals surface area contributed by atoms with Gasteiger partial charge in [0.1, 0.15) is 5.82 Å². The van der Waals surface area contributed by atoms with Crippen LogP contribution in [0.25, 0.3) is 11.4 Å². The molecule has 6 heteroatoms. The van der Waals surface area contributed by atoms with Gasteiger partial charge < -0.3 is 10.3 Å². The zero-order valence-electron chi connectivity index (χ0n) is 10.2. The highest BCUT2D eigenvalue weighted by molar-refractivity contribution is 9.10. The SMILES string of the molecule is NC1(c2nc(-c3cc(F)ccc3Br)no2)CCCC1. The summed E-state index contributed by atoms with van der Waals surface area (Å²) in [6, 6.07) is 4.36. The van der Waals surface area contributed by atoms with Crippen molar-refractivity contribution in [2.24, 2.45) is 5.73 Å². The minimum absolute atomic E-state index is 0.340. The van der Waals surface area contributed by atoms with Crippen LogP contribution >= 0.6 is 15.9 Å². The van der Waals surface area contributed by atoms with Crippen molar-refractivity contribution in [3.8, 4) is 11.4 Å². The first-order chi connectivity index (χ1) is 9.08. The Labute approximate surface area is 118 Å². The Morgan fingerprint density at radius 1 is 1.32 bits per heavy atom. The molecule has 19 heavy (non-hydrogen) atoms. The van der Waals surface area contributed by atoms with E-state index in [-0.39, 0.29) is 5.82 Å². The zero-order chi connectivity index (χ0) is 13.5. The maximum atomic E-state index is 13.3. The van der Waals surface area contributed by atoms with Gasteiger partial charge in [-0.05, 0) is 31.0 Å². The van der Waals surface area contributed by atoms with Crippen LogP contribution in [0.15, 0.2) is 27.2 Å². The van der Waals surface area contributed by atoms with Crippen molar-refractivity contribution in [3.63, 3.8) is 0 Å². The van der Waals surface area contributed by atoms with Gasteiger partial charge in [0.25, 0.3) is 0 Å². The third-order valence-electron chi connectivity index (χ3n) is 3.52. The second-order valence-corrected chi connectivity index (χ2v) is 5.76. The van der Waals surface area contributed by atoms with Crippen molar-refractivity contribution in [1.29, 1.82) is 0 Å². The average Bonchev–Trinajstić information content (AvgIpc) is 3.02. The summed E-state index contributed by atoms with van der Waals surface area (Å²) >= 11 is 3.35. The Morgan fingerprint density at radius 2 is 2.05 bits per heavy atom. The maximum Gasteiger partial charge on any atom is 0.247 e. The summed E-state index contributed by atoms with van der Waals surface area (Å²) in [5.74, 6) is 0.460. The number of rotatable bonds is 2. The molecule has 1 fully saturated rings. The first-order valence-corrected chi connectivity index (χ1v) is 6.96. The molecule has 0 bridgehead atoms. The van der Waals surface area contributed by atoms with E-state index in [0.29, 0.717) is 17.3 Å². The number of nitrogens with two attached hydrogens (primary N) is 1. The van der Waals surface area contributed by atoms with Crippen molar-refractivity contribution in [1.82, 2.24) is 10.1 Å². The Morgan fingerprint density at radius 3 is 2.79 bits per heavy atom. The Kier molecular flexibility index (Phi) is 3.14. The lowest BCUT2D eigenvalue weighted by molar-refractivity contribution is 0.285. The molecular formula is C13H13BrFN3O.